The quantitative estimate of drug-likeness (QED) is 0.582. The van der Waals surface area contributed by atoms with E-state index in [0.717, 1.165) is 29.0 Å². The number of benzene rings is 3. The molecule has 4 heteroatoms. The van der Waals surface area contributed by atoms with Gasteiger partial charge in [-0.3, -0.25) is 4.79 Å². The van der Waals surface area contributed by atoms with Crippen molar-refractivity contribution in [1.29, 1.82) is 0 Å². The third-order valence-corrected chi connectivity index (χ3v) is 3.67. The largest absolute Gasteiger partial charge is 0.326 e. The summed E-state index contributed by atoms with van der Waals surface area (Å²) < 4.78 is 0. The number of hydrogen-bond acceptors (Lipinski definition) is 3. The molecule has 1 N–H and O–H groups in total. The highest BCUT2D eigenvalue weighted by Gasteiger charge is 2.03. The number of anilines is 1. The van der Waals surface area contributed by atoms with E-state index >= 15 is 0 Å². The van der Waals surface area contributed by atoms with Crippen molar-refractivity contribution in [2.24, 2.45) is 10.2 Å². The van der Waals surface area contributed by atoms with E-state index in [1.807, 2.05) is 84.9 Å². The Hall–Kier alpha value is -3.27. The van der Waals surface area contributed by atoms with Gasteiger partial charge in [-0.05, 0) is 48.4 Å². The van der Waals surface area contributed by atoms with Crippen molar-refractivity contribution in [1.82, 2.24) is 0 Å². The van der Waals surface area contributed by atoms with Crippen LogP contribution < -0.4 is 5.32 Å². The van der Waals surface area contributed by atoms with Crippen LogP contribution in [0.15, 0.2) is 95.2 Å². The molecular formula is C21H19N3O. The lowest BCUT2D eigenvalue weighted by Crippen LogP contribution is -2.12. The second-order valence-corrected chi connectivity index (χ2v) is 5.62. The Bertz CT molecular complexity index is 828. The van der Waals surface area contributed by atoms with Gasteiger partial charge >= 0.3 is 0 Å². The van der Waals surface area contributed by atoms with Crippen molar-refractivity contribution in [2.45, 2.75) is 12.8 Å². The number of carbonyl (C=O) groups is 1. The molecule has 0 aliphatic rings. The van der Waals surface area contributed by atoms with Crippen molar-refractivity contribution in [3.63, 3.8) is 0 Å². The van der Waals surface area contributed by atoms with Gasteiger partial charge in [0.15, 0.2) is 0 Å². The van der Waals surface area contributed by atoms with Crippen LogP contribution in [0.1, 0.15) is 12.0 Å². The Balaban J connectivity index is 1.52. The summed E-state index contributed by atoms with van der Waals surface area (Å²) in [7, 11) is 0. The van der Waals surface area contributed by atoms with Crippen LogP contribution in [0.25, 0.3) is 0 Å². The summed E-state index contributed by atoms with van der Waals surface area (Å²) in [5.41, 5.74) is 3.47. The molecule has 0 aliphatic heterocycles. The van der Waals surface area contributed by atoms with Crippen LogP contribution in [0.4, 0.5) is 17.1 Å². The van der Waals surface area contributed by atoms with E-state index in [2.05, 4.69) is 15.5 Å². The Kier molecular flexibility index (Phi) is 5.67. The molecule has 0 bridgehead atoms. The van der Waals surface area contributed by atoms with Gasteiger partial charge in [0.05, 0.1) is 11.4 Å². The van der Waals surface area contributed by atoms with Gasteiger partial charge in [-0.2, -0.15) is 10.2 Å². The van der Waals surface area contributed by atoms with Crippen LogP contribution in [-0.2, 0) is 11.2 Å². The summed E-state index contributed by atoms with van der Waals surface area (Å²) in [6.45, 7) is 0. The summed E-state index contributed by atoms with van der Waals surface area (Å²) in [4.78, 5) is 12.0. The topological polar surface area (TPSA) is 53.8 Å². The maximum atomic E-state index is 12.0. The van der Waals surface area contributed by atoms with Gasteiger partial charge in [-0.15, -0.1) is 0 Å². The van der Waals surface area contributed by atoms with E-state index in [9.17, 15) is 4.79 Å². The van der Waals surface area contributed by atoms with Gasteiger partial charge in [0.1, 0.15) is 0 Å². The van der Waals surface area contributed by atoms with E-state index in [1.165, 1.54) is 0 Å². The molecule has 124 valence electrons. The number of aryl methyl sites for hydroxylation is 1. The van der Waals surface area contributed by atoms with Crippen LogP contribution >= 0.6 is 0 Å². The number of amides is 1. The van der Waals surface area contributed by atoms with E-state index in [-0.39, 0.29) is 5.91 Å². The standard InChI is InChI=1S/C21H19N3O/c25-21(16-11-17-7-3-1-4-8-17)22-18-12-14-20(15-13-18)24-23-19-9-5-2-6-10-19/h1-10,12-15H,11,16H2,(H,22,25). The van der Waals surface area contributed by atoms with Gasteiger partial charge in [0.25, 0.3) is 0 Å². The highest BCUT2D eigenvalue weighted by Crippen LogP contribution is 2.20. The molecule has 4 nitrogen and oxygen atoms in total. The molecule has 25 heavy (non-hydrogen) atoms. The third kappa shape index (κ3) is 5.39. The predicted octanol–water partition coefficient (Wildman–Crippen LogP) is 5.67. The number of hydrogen-bond donors (Lipinski definition) is 1. The molecule has 0 saturated carbocycles. The molecule has 0 saturated heterocycles. The summed E-state index contributed by atoms with van der Waals surface area (Å²) in [6, 6.07) is 26.9. The number of carbonyl (C=O) groups excluding carboxylic acids is 1. The molecule has 3 aromatic rings. The van der Waals surface area contributed by atoms with Crippen molar-refractivity contribution in [3.05, 3.63) is 90.5 Å². The van der Waals surface area contributed by atoms with Gasteiger partial charge in [0, 0.05) is 12.1 Å². The Morgan fingerprint density at radius 1 is 0.720 bits per heavy atom. The average Bonchev–Trinajstić information content (AvgIpc) is 2.67. The maximum absolute atomic E-state index is 12.0. The molecular weight excluding hydrogens is 310 g/mol. The first kappa shape index (κ1) is 16.6. The van der Waals surface area contributed by atoms with Crippen molar-refractivity contribution in [2.75, 3.05) is 5.32 Å². The molecule has 3 aromatic carbocycles. The normalized spacial score (nSPS) is 10.7. The number of azo groups is 1. The summed E-state index contributed by atoms with van der Waals surface area (Å²) in [5.74, 6) is 0.00233. The molecule has 0 atom stereocenters. The summed E-state index contributed by atoms with van der Waals surface area (Å²) in [5, 5.41) is 11.3. The zero-order valence-corrected chi connectivity index (χ0v) is 13.8. The average molecular weight is 329 g/mol. The fourth-order valence-corrected chi connectivity index (χ4v) is 2.35. The lowest BCUT2D eigenvalue weighted by molar-refractivity contribution is -0.116. The lowest BCUT2D eigenvalue weighted by Gasteiger charge is -2.05. The zero-order chi connectivity index (χ0) is 17.3. The van der Waals surface area contributed by atoms with E-state index in [1.54, 1.807) is 0 Å². The molecule has 0 spiro atoms. The Morgan fingerprint density at radius 3 is 1.92 bits per heavy atom. The van der Waals surface area contributed by atoms with Gasteiger partial charge < -0.3 is 5.32 Å². The molecule has 0 aromatic heterocycles. The van der Waals surface area contributed by atoms with Gasteiger partial charge in [-0.1, -0.05) is 48.5 Å². The van der Waals surface area contributed by atoms with Crippen molar-refractivity contribution >= 4 is 23.0 Å². The SMILES string of the molecule is O=C(CCc1ccccc1)Nc1ccc(N=Nc2ccccc2)cc1. The van der Waals surface area contributed by atoms with Crippen molar-refractivity contribution < 1.29 is 4.79 Å². The van der Waals surface area contributed by atoms with Crippen molar-refractivity contribution in [3.8, 4) is 0 Å². The number of nitrogens with zero attached hydrogens (tertiary/aromatic N) is 2. The van der Waals surface area contributed by atoms with E-state index in [4.69, 9.17) is 0 Å². The van der Waals surface area contributed by atoms with E-state index in [0.29, 0.717) is 6.42 Å². The minimum absolute atomic E-state index is 0.00233. The minimum Gasteiger partial charge on any atom is -0.326 e. The van der Waals surface area contributed by atoms with E-state index < -0.39 is 0 Å². The zero-order valence-electron chi connectivity index (χ0n) is 13.8. The molecule has 3 rings (SSSR count). The number of nitrogens with one attached hydrogen (secondary N) is 1. The first-order valence-corrected chi connectivity index (χ1v) is 8.20. The monoisotopic (exact) mass is 329 g/mol. The first-order valence-electron chi connectivity index (χ1n) is 8.20. The summed E-state index contributed by atoms with van der Waals surface area (Å²) >= 11 is 0. The highest BCUT2D eigenvalue weighted by molar-refractivity contribution is 5.90. The maximum Gasteiger partial charge on any atom is 0.224 e. The van der Waals surface area contributed by atoms with Crippen LogP contribution in [0.5, 0.6) is 0 Å². The minimum atomic E-state index is 0.00233. The second kappa shape index (κ2) is 8.55. The number of rotatable bonds is 6. The highest BCUT2D eigenvalue weighted by atomic mass is 16.1. The van der Waals surface area contributed by atoms with Crippen LogP contribution in [0.2, 0.25) is 0 Å². The Labute approximate surface area is 147 Å². The van der Waals surface area contributed by atoms with Gasteiger partial charge in [0.2, 0.25) is 5.91 Å². The molecule has 0 unspecified atom stereocenters. The van der Waals surface area contributed by atoms with Crippen LogP contribution in [-0.4, -0.2) is 5.91 Å². The summed E-state index contributed by atoms with van der Waals surface area (Å²) in [6.07, 6.45) is 1.19. The third-order valence-electron chi connectivity index (χ3n) is 3.67. The molecule has 0 aliphatic carbocycles. The molecule has 0 heterocycles. The fourth-order valence-electron chi connectivity index (χ4n) is 2.35. The fraction of sp³-hybridized carbons (Fsp3) is 0.0952. The van der Waals surface area contributed by atoms with Crippen LogP contribution in [0, 0.1) is 0 Å². The molecule has 0 fully saturated rings. The smallest absolute Gasteiger partial charge is 0.224 e. The molecule has 0 radical (unpaired) electrons. The molecule has 1 amide bonds. The second-order valence-electron chi connectivity index (χ2n) is 5.62. The van der Waals surface area contributed by atoms with Gasteiger partial charge in [-0.25, -0.2) is 0 Å². The lowest BCUT2D eigenvalue weighted by atomic mass is 10.1. The Morgan fingerprint density at radius 2 is 1.28 bits per heavy atom. The predicted molar refractivity (Wildman–Crippen MR) is 100 cm³/mol. The van der Waals surface area contributed by atoms with Crippen LogP contribution in [0.3, 0.4) is 0 Å². The first-order chi connectivity index (χ1) is 12.3.